The van der Waals surface area contributed by atoms with E-state index in [1.807, 2.05) is 25.2 Å². The molecule has 0 aliphatic heterocycles. The van der Waals surface area contributed by atoms with Gasteiger partial charge in [0.2, 0.25) is 5.91 Å². The quantitative estimate of drug-likeness (QED) is 0.807. The monoisotopic (exact) mass is 244 g/mol. The van der Waals surface area contributed by atoms with Crippen LogP contribution in [0.2, 0.25) is 0 Å². The summed E-state index contributed by atoms with van der Waals surface area (Å²) in [5.74, 6) is 0.773. The zero-order chi connectivity index (χ0) is 12.8. The van der Waals surface area contributed by atoms with E-state index in [-0.39, 0.29) is 5.91 Å². The molecule has 1 amide bonds. The summed E-state index contributed by atoms with van der Waals surface area (Å²) < 4.78 is 5.16. The highest BCUT2D eigenvalue weighted by Gasteiger charge is 2.10. The third-order valence-electron chi connectivity index (χ3n) is 2.82. The van der Waals surface area contributed by atoms with Crippen LogP contribution in [-0.2, 0) is 17.6 Å². The summed E-state index contributed by atoms with van der Waals surface area (Å²) in [6, 6.07) is 7.53. The highest BCUT2D eigenvalue weighted by atomic mass is 16.3. The standard InChI is InChI=1S/C14H16N2O2/c1-16(9-6-12-4-7-15-8-5-12)14(17)11-13-3-2-10-18-13/h2-5,7-8,10H,6,9,11H2,1H3. The van der Waals surface area contributed by atoms with Gasteiger partial charge < -0.3 is 9.32 Å². The maximum Gasteiger partial charge on any atom is 0.229 e. The zero-order valence-corrected chi connectivity index (χ0v) is 10.4. The highest BCUT2D eigenvalue weighted by molar-refractivity contribution is 5.77. The smallest absolute Gasteiger partial charge is 0.229 e. The Labute approximate surface area is 106 Å². The average Bonchev–Trinajstić information content (AvgIpc) is 2.90. The van der Waals surface area contributed by atoms with Gasteiger partial charge in [-0.15, -0.1) is 0 Å². The van der Waals surface area contributed by atoms with Crippen molar-refractivity contribution in [3.05, 3.63) is 54.2 Å². The molecule has 2 aromatic rings. The minimum absolute atomic E-state index is 0.0685. The molecule has 0 aliphatic rings. The van der Waals surface area contributed by atoms with Gasteiger partial charge in [0.05, 0.1) is 12.7 Å². The third-order valence-corrected chi connectivity index (χ3v) is 2.82. The van der Waals surface area contributed by atoms with Crippen molar-refractivity contribution in [1.82, 2.24) is 9.88 Å². The normalized spacial score (nSPS) is 10.3. The van der Waals surface area contributed by atoms with E-state index in [0.29, 0.717) is 18.7 Å². The van der Waals surface area contributed by atoms with Crippen molar-refractivity contribution in [3.8, 4) is 0 Å². The molecule has 0 saturated carbocycles. The fraction of sp³-hybridized carbons (Fsp3) is 0.286. The zero-order valence-electron chi connectivity index (χ0n) is 10.4. The highest BCUT2D eigenvalue weighted by Crippen LogP contribution is 2.04. The maximum atomic E-state index is 11.9. The van der Waals surface area contributed by atoms with E-state index < -0.39 is 0 Å². The van der Waals surface area contributed by atoms with Crippen molar-refractivity contribution >= 4 is 5.91 Å². The van der Waals surface area contributed by atoms with E-state index >= 15 is 0 Å². The Balaban J connectivity index is 1.81. The SMILES string of the molecule is CN(CCc1ccncc1)C(=O)Cc1ccco1. The topological polar surface area (TPSA) is 46.3 Å². The lowest BCUT2D eigenvalue weighted by molar-refractivity contribution is -0.129. The first kappa shape index (κ1) is 12.4. The van der Waals surface area contributed by atoms with Crippen LogP contribution < -0.4 is 0 Å². The Morgan fingerprint density at radius 1 is 1.33 bits per heavy atom. The predicted octanol–water partition coefficient (Wildman–Crippen LogP) is 1.92. The van der Waals surface area contributed by atoms with Gasteiger partial charge in [0.25, 0.3) is 0 Å². The summed E-state index contributed by atoms with van der Waals surface area (Å²) in [6.45, 7) is 0.698. The molecule has 2 aromatic heterocycles. The first-order valence-corrected chi connectivity index (χ1v) is 5.91. The third kappa shape index (κ3) is 3.45. The molecule has 2 rings (SSSR count). The van der Waals surface area contributed by atoms with Gasteiger partial charge >= 0.3 is 0 Å². The Morgan fingerprint density at radius 2 is 2.11 bits per heavy atom. The van der Waals surface area contributed by atoms with Crippen LogP contribution in [0.5, 0.6) is 0 Å². The fourth-order valence-electron chi connectivity index (χ4n) is 1.67. The maximum absolute atomic E-state index is 11.9. The van der Waals surface area contributed by atoms with Crippen LogP contribution in [0.15, 0.2) is 47.3 Å². The van der Waals surface area contributed by atoms with Gasteiger partial charge in [0.1, 0.15) is 5.76 Å². The second kappa shape index (κ2) is 6.00. The number of hydrogen-bond donors (Lipinski definition) is 0. The molecule has 94 valence electrons. The van der Waals surface area contributed by atoms with E-state index in [1.165, 1.54) is 5.56 Å². The first-order chi connectivity index (χ1) is 8.75. The van der Waals surface area contributed by atoms with Crippen molar-refractivity contribution in [1.29, 1.82) is 0 Å². The van der Waals surface area contributed by atoms with Gasteiger partial charge in [-0.3, -0.25) is 9.78 Å². The summed E-state index contributed by atoms with van der Waals surface area (Å²) in [6.07, 6.45) is 6.27. The van der Waals surface area contributed by atoms with Crippen LogP contribution in [0.3, 0.4) is 0 Å². The molecule has 4 nitrogen and oxygen atoms in total. The van der Waals surface area contributed by atoms with Crippen LogP contribution in [0.25, 0.3) is 0 Å². The van der Waals surface area contributed by atoms with Crippen LogP contribution >= 0.6 is 0 Å². The lowest BCUT2D eigenvalue weighted by Gasteiger charge is -2.16. The number of carbonyl (C=O) groups is 1. The molecule has 0 bridgehead atoms. The van der Waals surface area contributed by atoms with Crippen molar-refractivity contribution in [2.75, 3.05) is 13.6 Å². The largest absolute Gasteiger partial charge is 0.469 e. The first-order valence-electron chi connectivity index (χ1n) is 5.91. The van der Waals surface area contributed by atoms with Crippen LogP contribution in [0.1, 0.15) is 11.3 Å². The van der Waals surface area contributed by atoms with Crippen molar-refractivity contribution in [2.24, 2.45) is 0 Å². The molecule has 2 heterocycles. The van der Waals surface area contributed by atoms with Gasteiger partial charge in [-0.2, -0.15) is 0 Å². The molecule has 0 spiro atoms. The number of nitrogens with zero attached hydrogens (tertiary/aromatic N) is 2. The van der Waals surface area contributed by atoms with Crippen molar-refractivity contribution < 1.29 is 9.21 Å². The summed E-state index contributed by atoms with van der Waals surface area (Å²) in [5.41, 5.74) is 1.18. The summed E-state index contributed by atoms with van der Waals surface area (Å²) in [4.78, 5) is 17.6. The number of amides is 1. The molecule has 0 aromatic carbocycles. The molecule has 18 heavy (non-hydrogen) atoms. The summed E-state index contributed by atoms with van der Waals surface area (Å²) in [5, 5.41) is 0. The molecule has 0 N–H and O–H groups in total. The number of rotatable bonds is 5. The van der Waals surface area contributed by atoms with Crippen molar-refractivity contribution in [2.45, 2.75) is 12.8 Å². The molecule has 0 fully saturated rings. The Kier molecular flexibility index (Phi) is 4.12. The second-order valence-electron chi connectivity index (χ2n) is 4.18. The van der Waals surface area contributed by atoms with E-state index in [9.17, 15) is 4.79 Å². The summed E-state index contributed by atoms with van der Waals surface area (Å²) >= 11 is 0. The minimum Gasteiger partial charge on any atom is -0.469 e. The van der Waals surface area contributed by atoms with Crippen molar-refractivity contribution in [3.63, 3.8) is 0 Å². The fourth-order valence-corrected chi connectivity index (χ4v) is 1.67. The Hall–Kier alpha value is -2.10. The van der Waals surface area contributed by atoms with Gasteiger partial charge in [-0.1, -0.05) is 0 Å². The Bertz CT molecular complexity index is 480. The van der Waals surface area contributed by atoms with Crippen LogP contribution in [0.4, 0.5) is 0 Å². The average molecular weight is 244 g/mol. The molecular weight excluding hydrogens is 228 g/mol. The van der Waals surface area contributed by atoms with E-state index in [1.54, 1.807) is 29.6 Å². The molecule has 0 atom stereocenters. The number of aromatic nitrogens is 1. The number of hydrogen-bond acceptors (Lipinski definition) is 3. The molecule has 4 heteroatoms. The molecular formula is C14H16N2O2. The summed E-state index contributed by atoms with van der Waals surface area (Å²) in [7, 11) is 1.81. The number of furan rings is 1. The number of likely N-dealkylation sites (N-methyl/N-ethyl adjacent to an activating group) is 1. The van der Waals surface area contributed by atoms with Gasteiger partial charge in [0, 0.05) is 26.0 Å². The molecule has 0 radical (unpaired) electrons. The van der Waals surface area contributed by atoms with E-state index in [0.717, 1.165) is 6.42 Å². The van der Waals surface area contributed by atoms with Crippen LogP contribution in [-0.4, -0.2) is 29.4 Å². The number of carbonyl (C=O) groups excluding carboxylic acids is 1. The van der Waals surface area contributed by atoms with E-state index in [4.69, 9.17) is 4.42 Å². The van der Waals surface area contributed by atoms with Crippen LogP contribution in [0, 0.1) is 0 Å². The molecule has 0 aliphatic carbocycles. The molecule has 0 unspecified atom stereocenters. The van der Waals surface area contributed by atoms with E-state index in [2.05, 4.69) is 4.98 Å². The Morgan fingerprint density at radius 3 is 2.78 bits per heavy atom. The molecule has 0 saturated heterocycles. The predicted molar refractivity (Wildman–Crippen MR) is 68.0 cm³/mol. The number of pyridine rings is 1. The lowest BCUT2D eigenvalue weighted by atomic mass is 10.2. The minimum atomic E-state index is 0.0685. The van der Waals surface area contributed by atoms with Gasteiger partial charge in [-0.25, -0.2) is 0 Å². The van der Waals surface area contributed by atoms with Gasteiger partial charge in [0.15, 0.2) is 0 Å². The lowest BCUT2D eigenvalue weighted by Crippen LogP contribution is -2.30. The van der Waals surface area contributed by atoms with Gasteiger partial charge in [-0.05, 0) is 36.2 Å². The second-order valence-corrected chi connectivity index (χ2v) is 4.18.